The molecule has 5 nitrogen and oxygen atoms in total. The highest BCUT2D eigenvalue weighted by atomic mass is 16.5. The molecule has 2 aromatic rings. The number of hydrogen-bond donors (Lipinski definition) is 1. The number of rotatable bonds is 3. The predicted octanol–water partition coefficient (Wildman–Crippen LogP) is 2.18. The fourth-order valence-corrected chi connectivity index (χ4v) is 1.88. The summed E-state index contributed by atoms with van der Waals surface area (Å²) in [5.74, 6) is 0.345. The van der Waals surface area contributed by atoms with Crippen LogP contribution in [0.3, 0.4) is 0 Å². The molecule has 0 saturated carbocycles. The third-order valence-corrected chi connectivity index (χ3v) is 2.82. The van der Waals surface area contributed by atoms with E-state index in [2.05, 4.69) is 20.0 Å². The van der Waals surface area contributed by atoms with E-state index in [4.69, 9.17) is 0 Å². The lowest BCUT2D eigenvalue weighted by molar-refractivity contribution is 0.0936. The summed E-state index contributed by atoms with van der Waals surface area (Å²) in [7, 11) is 0. The number of nitrogens with one attached hydrogen (secondary N) is 1. The Labute approximate surface area is 105 Å². The molecule has 1 N–H and O–H groups in total. The lowest BCUT2D eigenvalue weighted by atomic mass is 10.0. The Morgan fingerprint density at radius 1 is 1.33 bits per heavy atom. The van der Waals surface area contributed by atoms with Crippen molar-refractivity contribution >= 4 is 5.91 Å². The summed E-state index contributed by atoms with van der Waals surface area (Å²) >= 11 is 0. The zero-order chi connectivity index (χ0) is 13.1. The van der Waals surface area contributed by atoms with Gasteiger partial charge in [0.2, 0.25) is 6.39 Å². The quantitative estimate of drug-likeness (QED) is 0.899. The van der Waals surface area contributed by atoms with Crippen molar-refractivity contribution in [1.29, 1.82) is 0 Å². The summed E-state index contributed by atoms with van der Waals surface area (Å²) < 4.78 is 4.66. The van der Waals surface area contributed by atoms with Crippen molar-refractivity contribution in [3.63, 3.8) is 0 Å². The molecule has 0 aliphatic heterocycles. The van der Waals surface area contributed by atoms with Crippen LogP contribution in [0.1, 0.15) is 40.3 Å². The summed E-state index contributed by atoms with van der Waals surface area (Å²) in [6.07, 6.45) is 1.25. The highest BCUT2D eigenvalue weighted by Gasteiger charge is 2.17. The molecule has 0 unspecified atom stereocenters. The van der Waals surface area contributed by atoms with Crippen LogP contribution in [0.4, 0.5) is 0 Å². The van der Waals surface area contributed by atoms with Gasteiger partial charge < -0.3 is 9.84 Å². The molecule has 1 atom stereocenters. The second kappa shape index (κ2) is 5.00. The second-order valence-electron chi connectivity index (χ2n) is 4.25. The normalized spacial score (nSPS) is 12.2. The lowest BCUT2D eigenvalue weighted by Gasteiger charge is -2.13. The fraction of sp³-hybridized carbons (Fsp3) is 0.308. The van der Waals surface area contributed by atoms with Crippen molar-refractivity contribution in [2.24, 2.45) is 0 Å². The minimum atomic E-state index is -0.282. The molecule has 0 radical (unpaired) electrons. The molecule has 1 aromatic heterocycles. The van der Waals surface area contributed by atoms with Gasteiger partial charge in [-0.15, -0.1) is 0 Å². The van der Waals surface area contributed by atoms with Crippen LogP contribution >= 0.6 is 0 Å². The van der Waals surface area contributed by atoms with Crippen molar-refractivity contribution in [3.05, 3.63) is 47.1 Å². The molecule has 0 bridgehead atoms. The van der Waals surface area contributed by atoms with E-state index in [-0.39, 0.29) is 11.9 Å². The first-order valence-corrected chi connectivity index (χ1v) is 5.73. The van der Waals surface area contributed by atoms with E-state index >= 15 is 0 Å². The maximum absolute atomic E-state index is 12.2. The fourth-order valence-electron chi connectivity index (χ4n) is 1.88. The molecule has 0 aliphatic rings. The van der Waals surface area contributed by atoms with Crippen molar-refractivity contribution in [2.45, 2.75) is 26.8 Å². The SMILES string of the molecule is Cc1cccc(C)c1C(=O)N[C@H](C)c1ncon1. The predicted molar refractivity (Wildman–Crippen MR) is 66.1 cm³/mol. The minimum absolute atomic E-state index is 0.122. The Balaban J connectivity index is 2.18. The Hall–Kier alpha value is -2.17. The first-order chi connectivity index (χ1) is 8.59. The molecule has 18 heavy (non-hydrogen) atoms. The van der Waals surface area contributed by atoms with Crippen LogP contribution in [-0.2, 0) is 0 Å². The third kappa shape index (κ3) is 2.40. The van der Waals surface area contributed by atoms with E-state index in [1.807, 2.05) is 39.0 Å². The van der Waals surface area contributed by atoms with Crippen molar-refractivity contribution < 1.29 is 9.32 Å². The Morgan fingerprint density at radius 3 is 2.56 bits per heavy atom. The number of hydrogen-bond acceptors (Lipinski definition) is 4. The largest absolute Gasteiger partial charge is 0.343 e. The number of carbonyl (C=O) groups excluding carboxylic acids is 1. The molecule has 1 amide bonds. The zero-order valence-corrected chi connectivity index (χ0v) is 10.6. The Kier molecular flexibility index (Phi) is 3.41. The van der Waals surface area contributed by atoms with Crippen molar-refractivity contribution in [3.8, 4) is 0 Å². The number of carbonyl (C=O) groups is 1. The molecule has 0 fully saturated rings. The summed E-state index contributed by atoms with van der Waals surface area (Å²) in [4.78, 5) is 16.1. The monoisotopic (exact) mass is 245 g/mol. The van der Waals surface area contributed by atoms with Crippen LogP contribution < -0.4 is 5.32 Å². The molecular formula is C13H15N3O2. The van der Waals surface area contributed by atoms with Crippen LogP contribution in [0.15, 0.2) is 29.1 Å². The maximum Gasteiger partial charge on any atom is 0.252 e. The van der Waals surface area contributed by atoms with Crippen LogP contribution in [0.5, 0.6) is 0 Å². The zero-order valence-electron chi connectivity index (χ0n) is 10.6. The van der Waals surface area contributed by atoms with Crippen LogP contribution in [-0.4, -0.2) is 16.0 Å². The highest BCUT2D eigenvalue weighted by molar-refractivity contribution is 5.97. The average Bonchev–Trinajstić information content (AvgIpc) is 2.81. The Bertz CT molecular complexity index is 529. The van der Waals surface area contributed by atoms with Crippen molar-refractivity contribution in [1.82, 2.24) is 15.5 Å². The molecule has 5 heteroatoms. The van der Waals surface area contributed by atoms with Gasteiger partial charge >= 0.3 is 0 Å². The van der Waals surface area contributed by atoms with Crippen LogP contribution in [0.25, 0.3) is 0 Å². The topological polar surface area (TPSA) is 68.0 Å². The third-order valence-electron chi connectivity index (χ3n) is 2.82. The second-order valence-corrected chi connectivity index (χ2v) is 4.25. The van der Waals surface area contributed by atoms with Gasteiger partial charge in [0.05, 0.1) is 6.04 Å². The molecule has 0 saturated heterocycles. The van der Waals surface area contributed by atoms with Gasteiger partial charge in [0.1, 0.15) is 0 Å². The highest BCUT2D eigenvalue weighted by Crippen LogP contribution is 2.15. The van der Waals surface area contributed by atoms with Gasteiger partial charge in [0, 0.05) is 5.56 Å². The van der Waals surface area contributed by atoms with E-state index in [9.17, 15) is 4.79 Å². The van der Waals surface area contributed by atoms with E-state index < -0.39 is 0 Å². The van der Waals surface area contributed by atoms with E-state index in [0.717, 1.165) is 11.1 Å². The van der Waals surface area contributed by atoms with E-state index in [1.165, 1.54) is 6.39 Å². The molecule has 1 heterocycles. The van der Waals surface area contributed by atoms with Gasteiger partial charge in [-0.05, 0) is 31.9 Å². The van der Waals surface area contributed by atoms with E-state index in [1.54, 1.807) is 0 Å². The van der Waals surface area contributed by atoms with Crippen LogP contribution in [0, 0.1) is 13.8 Å². The standard InChI is InChI=1S/C13H15N3O2/c1-8-5-4-6-9(2)11(8)13(17)15-10(3)12-14-7-18-16-12/h4-7,10H,1-3H3,(H,15,17)/t10-/m1/s1. The first kappa shape index (κ1) is 12.3. The molecule has 0 spiro atoms. The smallest absolute Gasteiger partial charge is 0.252 e. The number of aryl methyl sites for hydroxylation is 2. The maximum atomic E-state index is 12.2. The first-order valence-electron chi connectivity index (χ1n) is 5.73. The molecule has 1 aromatic carbocycles. The minimum Gasteiger partial charge on any atom is -0.343 e. The number of amides is 1. The average molecular weight is 245 g/mol. The van der Waals surface area contributed by atoms with Gasteiger partial charge in [-0.1, -0.05) is 23.4 Å². The van der Waals surface area contributed by atoms with Gasteiger partial charge in [0.15, 0.2) is 5.82 Å². The molecule has 0 aliphatic carbocycles. The van der Waals surface area contributed by atoms with Gasteiger partial charge in [-0.2, -0.15) is 4.98 Å². The van der Waals surface area contributed by atoms with Gasteiger partial charge in [-0.25, -0.2) is 0 Å². The van der Waals surface area contributed by atoms with E-state index in [0.29, 0.717) is 11.4 Å². The summed E-state index contributed by atoms with van der Waals surface area (Å²) in [5, 5.41) is 6.56. The summed E-state index contributed by atoms with van der Waals surface area (Å²) in [6.45, 7) is 5.65. The molecule has 2 rings (SSSR count). The molecule has 94 valence electrons. The van der Waals surface area contributed by atoms with Crippen molar-refractivity contribution in [2.75, 3.05) is 0 Å². The number of aromatic nitrogens is 2. The number of benzene rings is 1. The lowest BCUT2D eigenvalue weighted by Crippen LogP contribution is -2.28. The summed E-state index contributed by atoms with van der Waals surface area (Å²) in [5.41, 5.74) is 2.61. The Morgan fingerprint density at radius 2 is 2.00 bits per heavy atom. The van der Waals surface area contributed by atoms with Crippen LogP contribution in [0.2, 0.25) is 0 Å². The molecular weight excluding hydrogens is 230 g/mol. The summed E-state index contributed by atoms with van der Waals surface area (Å²) in [6, 6.07) is 5.49. The van der Waals surface area contributed by atoms with Gasteiger partial charge in [0.25, 0.3) is 5.91 Å². The number of nitrogens with zero attached hydrogens (tertiary/aromatic N) is 2. The van der Waals surface area contributed by atoms with Gasteiger partial charge in [-0.3, -0.25) is 4.79 Å².